The lowest BCUT2D eigenvalue weighted by Gasteiger charge is -2.60. The molecule has 3 aliphatic rings. The minimum atomic E-state index is -0.324. The van der Waals surface area contributed by atoms with Gasteiger partial charge in [-0.3, -0.25) is 0 Å². The molecule has 0 unspecified atom stereocenters. The average Bonchev–Trinajstić information content (AvgIpc) is 2.41. The van der Waals surface area contributed by atoms with E-state index in [9.17, 15) is 4.79 Å². The molecular weight excluding hydrogens is 266 g/mol. The summed E-state index contributed by atoms with van der Waals surface area (Å²) < 4.78 is 11.3. The van der Waals surface area contributed by atoms with E-state index in [1.165, 1.54) is 18.2 Å². The topological polar surface area (TPSA) is 42.7 Å². The Labute approximate surface area is 121 Å². The van der Waals surface area contributed by atoms with Gasteiger partial charge in [-0.1, -0.05) is 0 Å². The van der Waals surface area contributed by atoms with Gasteiger partial charge in [0.15, 0.2) is 0 Å². The van der Waals surface area contributed by atoms with Crippen molar-refractivity contribution in [1.82, 2.24) is 4.90 Å². The molecule has 21 heavy (non-hydrogen) atoms. The normalized spacial score (nSPS) is 29.2. The lowest BCUT2D eigenvalue weighted by molar-refractivity contribution is -0.0189. The van der Waals surface area contributed by atoms with Crippen LogP contribution in [0.4, 0.5) is 0 Å². The van der Waals surface area contributed by atoms with Gasteiger partial charge in [-0.15, -0.1) is 0 Å². The molecule has 2 aromatic rings. The van der Waals surface area contributed by atoms with Gasteiger partial charge in [-0.25, -0.2) is 4.79 Å². The average molecular weight is 281 g/mol. The highest BCUT2D eigenvalue weighted by Crippen LogP contribution is 2.47. The van der Waals surface area contributed by atoms with Crippen LogP contribution in [0.3, 0.4) is 0 Å². The summed E-state index contributed by atoms with van der Waals surface area (Å²) in [4.78, 5) is 13.8. The standard InChI is InChI=1S/C17H15NO3/c19-17-4-2-10-1-3-14(9-16(10)21-17)20-15-7-12-5-11-6-13(8-15)18(11)12/h1-5,9,12-13,15H,6-8H2/t12-,13+,15-/m1/s1. The molecule has 2 fully saturated rings. The van der Waals surface area contributed by atoms with Crippen molar-refractivity contribution in [3.8, 4) is 5.75 Å². The molecular formula is C17H15NO3. The lowest BCUT2D eigenvalue weighted by atomic mass is 9.76. The molecule has 0 bridgehead atoms. The van der Waals surface area contributed by atoms with Crippen LogP contribution in [0, 0.1) is 0 Å². The Morgan fingerprint density at radius 3 is 2.95 bits per heavy atom. The maximum Gasteiger partial charge on any atom is 0.336 e. The van der Waals surface area contributed by atoms with Crippen molar-refractivity contribution in [2.75, 3.05) is 0 Å². The zero-order chi connectivity index (χ0) is 14.0. The van der Waals surface area contributed by atoms with Gasteiger partial charge >= 0.3 is 5.63 Å². The minimum Gasteiger partial charge on any atom is -0.490 e. The highest BCUT2D eigenvalue weighted by Gasteiger charge is 2.49. The monoisotopic (exact) mass is 281 g/mol. The zero-order valence-electron chi connectivity index (χ0n) is 11.5. The summed E-state index contributed by atoms with van der Waals surface area (Å²) in [5.41, 5.74) is 1.79. The fourth-order valence-corrected chi connectivity index (χ4v) is 3.88. The van der Waals surface area contributed by atoms with Crippen molar-refractivity contribution >= 4 is 11.0 Å². The molecule has 1 aromatic heterocycles. The number of ether oxygens (including phenoxy) is 1. The molecule has 0 aliphatic carbocycles. The van der Waals surface area contributed by atoms with Crippen molar-refractivity contribution in [2.45, 2.75) is 37.5 Å². The van der Waals surface area contributed by atoms with Crippen molar-refractivity contribution in [1.29, 1.82) is 0 Å². The van der Waals surface area contributed by atoms with Crippen molar-refractivity contribution in [2.24, 2.45) is 0 Å². The van der Waals surface area contributed by atoms with Gasteiger partial charge in [0.2, 0.25) is 0 Å². The van der Waals surface area contributed by atoms with Gasteiger partial charge in [-0.2, -0.15) is 0 Å². The summed E-state index contributed by atoms with van der Waals surface area (Å²) in [6.07, 6.45) is 5.97. The molecule has 1 aromatic carbocycles. The van der Waals surface area contributed by atoms with Crippen LogP contribution in [0.15, 0.2) is 51.3 Å². The maximum absolute atomic E-state index is 11.3. The van der Waals surface area contributed by atoms with Crippen LogP contribution in [-0.4, -0.2) is 23.1 Å². The number of hydrogen-bond acceptors (Lipinski definition) is 4. The quantitative estimate of drug-likeness (QED) is 0.794. The van der Waals surface area contributed by atoms with E-state index in [0.717, 1.165) is 24.0 Å². The molecule has 4 heteroatoms. The summed E-state index contributed by atoms with van der Waals surface area (Å²) >= 11 is 0. The molecule has 5 rings (SSSR count). The Bertz CT molecular complexity index is 822. The third kappa shape index (κ3) is 1.65. The smallest absolute Gasteiger partial charge is 0.336 e. The largest absolute Gasteiger partial charge is 0.490 e. The highest BCUT2D eigenvalue weighted by molar-refractivity contribution is 5.77. The van der Waals surface area contributed by atoms with Crippen LogP contribution in [0.25, 0.3) is 11.0 Å². The fourth-order valence-electron chi connectivity index (χ4n) is 3.88. The molecule has 0 amide bonds. The molecule has 2 saturated heterocycles. The SMILES string of the molecule is O=c1ccc2ccc(O[C@H]3C[C@@H]4CC5=C[C@H](C3)N54)cc2o1. The first-order valence-electron chi connectivity index (χ1n) is 7.46. The first-order chi connectivity index (χ1) is 10.3. The van der Waals surface area contributed by atoms with Crippen LogP contribution in [-0.2, 0) is 0 Å². The van der Waals surface area contributed by atoms with Crippen LogP contribution in [0.1, 0.15) is 19.3 Å². The lowest BCUT2D eigenvalue weighted by Crippen LogP contribution is -2.63. The van der Waals surface area contributed by atoms with E-state index in [1.807, 2.05) is 18.2 Å². The number of hydrogen-bond donors (Lipinski definition) is 0. The maximum atomic E-state index is 11.3. The molecule has 0 N–H and O–H groups in total. The minimum absolute atomic E-state index is 0.252. The summed E-state index contributed by atoms with van der Waals surface area (Å²) in [7, 11) is 0. The number of fused-ring (bicyclic) bond motifs is 1. The summed E-state index contributed by atoms with van der Waals surface area (Å²) in [5, 5.41) is 0.919. The number of nitrogens with zero attached hydrogens (tertiary/aromatic N) is 1. The van der Waals surface area contributed by atoms with E-state index in [0.29, 0.717) is 17.7 Å². The van der Waals surface area contributed by atoms with Gasteiger partial charge in [0.1, 0.15) is 17.4 Å². The number of piperidine rings is 1. The fraction of sp³-hybridized carbons (Fsp3) is 0.353. The van der Waals surface area contributed by atoms with Gasteiger partial charge in [0.05, 0.1) is 6.04 Å². The Kier molecular flexibility index (Phi) is 2.13. The Balaban J connectivity index is 1.40. The molecule has 4 nitrogen and oxygen atoms in total. The second-order valence-corrected chi connectivity index (χ2v) is 6.16. The van der Waals surface area contributed by atoms with E-state index in [4.69, 9.17) is 9.15 Å². The Morgan fingerprint density at radius 1 is 1.19 bits per heavy atom. The molecule has 3 atom stereocenters. The van der Waals surface area contributed by atoms with E-state index in [-0.39, 0.29) is 11.7 Å². The summed E-state index contributed by atoms with van der Waals surface area (Å²) in [6, 6.07) is 10.2. The molecule has 0 radical (unpaired) electrons. The molecule has 0 spiro atoms. The molecule has 106 valence electrons. The van der Waals surface area contributed by atoms with E-state index < -0.39 is 0 Å². The van der Waals surface area contributed by atoms with Crippen LogP contribution < -0.4 is 10.4 Å². The van der Waals surface area contributed by atoms with Crippen LogP contribution >= 0.6 is 0 Å². The highest BCUT2D eigenvalue weighted by atomic mass is 16.5. The predicted molar refractivity (Wildman–Crippen MR) is 78.2 cm³/mol. The first-order valence-corrected chi connectivity index (χ1v) is 7.46. The Morgan fingerprint density at radius 2 is 2.10 bits per heavy atom. The number of benzene rings is 1. The van der Waals surface area contributed by atoms with Gasteiger partial charge in [-0.05, 0) is 24.3 Å². The van der Waals surface area contributed by atoms with Crippen molar-refractivity contribution in [3.05, 3.63) is 52.5 Å². The molecule has 4 heterocycles. The van der Waals surface area contributed by atoms with E-state index >= 15 is 0 Å². The van der Waals surface area contributed by atoms with Gasteiger partial charge < -0.3 is 14.1 Å². The van der Waals surface area contributed by atoms with Crippen molar-refractivity contribution in [3.63, 3.8) is 0 Å². The van der Waals surface area contributed by atoms with E-state index in [1.54, 1.807) is 6.07 Å². The van der Waals surface area contributed by atoms with E-state index in [2.05, 4.69) is 11.0 Å². The molecule has 0 saturated carbocycles. The van der Waals surface area contributed by atoms with Crippen LogP contribution in [0.2, 0.25) is 0 Å². The second-order valence-electron chi connectivity index (χ2n) is 6.16. The third-order valence-corrected chi connectivity index (χ3v) is 4.85. The number of rotatable bonds is 2. The first kappa shape index (κ1) is 11.4. The molecule has 3 aliphatic heterocycles. The van der Waals surface area contributed by atoms with Crippen LogP contribution in [0.5, 0.6) is 5.75 Å². The van der Waals surface area contributed by atoms with Gasteiger partial charge in [0, 0.05) is 48.5 Å². The third-order valence-electron chi connectivity index (χ3n) is 4.85. The van der Waals surface area contributed by atoms with Crippen molar-refractivity contribution < 1.29 is 9.15 Å². The predicted octanol–water partition coefficient (Wildman–Crippen LogP) is 2.67. The summed E-state index contributed by atoms with van der Waals surface area (Å²) in [5.74, 6) is 0.790. The Hall–Kier alpha value is -2.23. The van der Waals surface area contributed by atoms with Gasteiger partial charge in [0.25, 0.3) is 0 Å². The zero-order valence-corrected chi connectivity index (χ0v) is 11.5. The second kappa shape index (κ2) is 3.91. The summed E-state index contributed by atoms with van der Waals surface area (Å²) in [6.45, 7) is 0.